The first kappa shape index (κ1) is 19.0. The van der Waals surface area contributed by atoms with Gasteiger partial charge in [0.1, 0.15) is 5.75 Å². The van der Waals surface area contributed by atoms with Crippen LogP contribution in [0.4, 0.5) is 0 Å². The molecule has 5 nitrogen and oxygen atoms in total. The molecule has 1 aliphatic rings. The number of carbonyl (C=O) groups excluding carboxylic acids is 2. The first-order valence-electron chi connectivity index (χ1n) is 8.82. The monoisotopic (exact) mass is 344 g/mol. The summed E-state index contributed by atoms with van der Waals surface area (Å²) in [5.41, 5.74) is 1.92. The van der Waals surface area contributed by atoms with Crippen LogP contribution in [0.3, 0.4) is 0 Å². The fraction of sp³-hybridized carbons (Fsp3) is 0.500. The number of hydrogen-bond donors (Lipinski definition) is 0. The van der Waals surface area contributed by atoms with Gasteiger partial charge in [0.25, 0.3) is 0 Å². The third-order valence-electron chi connectivity index (χ3n) is 4.50. The van der Waals surface area contributed by atoms with E-state index in [9.17, 15) is 9.59 Å². The summed E-state index contributed by atoms with van der Waals surface area (Å²) in [5, 5.41) is 0. The molecule has 136 valence electrons. The lowest BCUT2D eigenvalue weighted by Gasteiger charge is -2.23. The van der Waals surface area contributed by atoms with Crippen LogP contribution in [0.15, 0.2) is 30.3 Å². The van der Waals surface area contributed by atoms with E-state index >= 15 is 0 Å². The topological polar surface area (TPSA) is 49.9 Å². The third-order valence-corrected chi connectivity index (χ3v) is 4.50. The Balaban J connectivity index is 2.00. The van der Waals surface area contributed by atoms with Gasteiger partial charge in [-0.1, -0.05) is 26.0 Å². The van der Waals surface area contributed by atoms with Crippen molar-refractivity contribution < 1.29 is 14.3 Å². The second-order valence-corrected chi connectivity index (χ2v) is 6.71. The predicted molar refractivity (Wildman–Crippen MR) is 99.3 cm³/mol. The van der Waals surface area contributed by atoms with E-state index in [1.807, 2.05) is 54.8 Å². The number of amides is 2. The highest BCUT2D eigenvalue weighted by Gasteiger charge is 2.22. The Kier molecular flexibility index (Phi) is 6.62. The maximum atomic E-state index is 12.6. The average Bonchev–Trinajstić information content (AvgIpc) is 2.87. The zero-order chi connectivity index (χ0) is 18.4. The van der Waals surface area contributed by atoms with Gasteiger partial charge < -0.3 is 14.5 Å². The van der Waals surface area contributed by atoms with Crippen LogP contribution in [0.5, 0.6) is 5.75 Å². The van der Waals surface area contributed by atoms with Crippen molar-refractivity contribution in [3.05, 3.63) is 35.9 Å². The minimum absolute atomic E-state index is 0.000496. The molecule has 1 saturated heterocycles. The van der Waals surface area contributed by atoms with E-state index in [1.54, 1.807) is 13.2 Å². The van der Waals surface area contributed by atoms with Gasteiger partial charge in [0.15, 0.2) is 0 Å². The molecule has 1 fully saturated rings. The second kappa shape index (κ2) is 8.70. The van der Waals surface area contributed by atoms with E-state index in [2.05, 4.69) is 0 Å². The van der Waals surface area contributed by atoms with Gasteiger partial charge in [0.05, 0.1) is 7.11 Å². The molecule has 1 aliphatic heterocycles. The highest BCUT2D eigenvalue weighted by Crippen LogP contribution is 2.18. The van der Waals surface area contributed by atoms with Gasteiger partial charge in [-0.15, -0.1) is 0 Å². The molecule has 2 amide bonds. The lowest BCUT2D eigenvalue weighted by Crippen LogP contribution is -2.38. The summed E-state index contributed by atoms with van der Waals surface area (Å²) in [5.74, 6) is 0.969. The zero-order valence-electron chi connectivity index (χ0n) is 15.6. The van der Waals surface area contributed by atoms with Crippen molar-refractivity contribution in [1.82, 2.24) is 9.80 Å². The SMILES string of the molecule is COc1ccc(/C(C)=C/C(=O)N2CCCN(C(=O)C(C)C)CC2)cc1. The molecule has 1 aromatic rings. The van der Waals surface area contributed by atoms with Crippen molar-refractivity contribution in [1.29, 1.82) is 0 Å². The van der Waals surface area contributed by atoms with Crippen LogP contribution in [0, 0.1) is 5.92 Å². The van der Waals surface area contributed by atoms with Crippen LogP contribution < -0.4 is 4.74 Å². The molecular formula is C20H28N2O3. The quantitative estimate of drug-likeness (QED) is 0.789. The summed E-state index contributed by atoms with van der Waals surface area (Å²) in [7, 11) is 1.63. The standard InChI is InChI=1S/C20H28N2O3/c1-15(2)20(24)22-11-5-10-21(12-13-22)19(23)14-16(3)17-6-8-18(25-4)9-7-17/h6-9,14-15H,5,10-13H2,1-4H3/b16-14+. The van der Waals surface area contributed by atoms with Crippen LogP contribution in [0.1, 0.15) is 32.8 Å². The van der Waals surface area contributed by atoms with E-state index in [-0.39, 0.29) is 17.7 Å². The maximum Gasteiger partial charge on any atom is 0.246 e. The van der Waals surface area contributed by atoms with Crippen LogP contribution in [-0.2, 0) is 9.59 Å². The van der Waals surface area contributed by atoms with Crippen molar-refractivity contribution in [3.63, 3.8) is 0 Å². The fourth-order valence-electron chi connectivity index (χ4n) is 2.94. The summed E-state index contributed by atoms with van der Waals surface area (Å²) < 4.78 is 5.16. The Labute approximate surface area is 150 Å². The number of ether oxygens (including phenoxy) is 1. The molecule has 0 aliphatic carbocycles. The summed E-state index contributed by atoms with van der Waals surface area (Å²) in [6.07, 6.45) is 2.50. The predicted octanol–water partition coefficient (Wildman–Crippen LogP) is 2.82. The molecule has 0 atom stereocenters. The van der Waals surface area contributed by atoms with E-state index in [4.69, 9.17) is 4.74 Å². The van der Waals surface area contributed by atoms with Crippen molar-refractivity contribution in [2.24, 2.45) is 5.92 Å². The third kappa shape index (κ3) is 5.08. The molecule has 25 heavy (non-hydrogen) atoms. The molecule has 5 heteroatoms. The highest BCUT2D eigenvalue weighted by molar-refractivity contribution is 5.95. The molecule has 2 rings (SSSR count). The minimum atomic E-state index is -0.000496. The first-order chi connectivity index (χ1) is 11.9. The molecule has 0 aromatic heterocycles. The number of nitrogens with zero attached hydrogens (tertiary/aromatic N) is 2. The maximum absolute atomic E-state index is 12.6. The minimum Gasteiger partial charge on any atom is -0.497 e. The molecule has 0 unspecified atom stereocenters. The van der Waals surface area contributed by atoms with Gasteiger partial charge in [-0.25, -0.2) is 0 Å². The van der Waals surface area contributed by atoms with Crippen LogP contribution in [-0.4, -0.2) is 54.9 Å². The number of allylic oxidation sites excluding steroid dienone is 1. The molecular weight excluding hydrogens is 316 g/mol. The summed E-state index contributed by atoms with van der Waals surface area (Å²) in [6.45, 7) is 8.37. The Morgan fingerprint density at radius 2 is 1.64 bits per heavy atom. The van der Waals surface area contributed by atoms with Crippen LogP contribution in [0.25, 0.3) is 5.57 Å². The largest absolute Gasteiger partial charge is 0.497 e. The summed E-state index contributed by atoms with van der Waals surface area (Å²) >= 11 is 0. The number of rotatable bonds is 4. The number of methoxy groups -OCH3 is 1. The smallest absolute Gasteiger partial charge is 0.246 e. The van der Waals surface area contributed by atoms with Gasteiger partial charge in [-0.05, 0) is 36.6 Å². The van der Waals surface area contributed by atoms with E-state index in [1.165, 1.54) is 0 Å². The van der Waals surface area contributed by atoms with Crippen molar-refractivity contribution in [3.8, 4) is 5.75 Å². The summed E-state index contributed by atoms with van der Waals surface area (Å²) in [4.78, 5) is 28.4. The van der Waals surface area contributed by atoms with E-state index in [0.717, 1.165) is 29.9 Å². The molecule has 0 spiro atoms. The van der Waals surface area contributed by atoms with Crippen LogP contribution >= 0.6 is 0 Å². The number of hydrogen-bond acceptors (Lipinski definition) is 3. The Bertz CT molecular complexity index is 635. The highest BCUT2D eigenvalue weighted by atomic mass is 16.5. The molecule has 0 saturated carbocycles. The van der Waals surface area contributed by atoms with Gasteiger partial charge in [0.2, 0.25) is 11.8 Å². The van der Waals surface area contributed by atoms with E-state index < -0.39 is 0 Å². The van der Waals surface area contributed by atoms with Crippen molar-refractivity contribution in [2.45, 2.75) is 27.2 Å². The van der Waals surface area contributed by atoms with Crippen LogP contribution in [0.2, 0.25) is 0 Å². The van der Waals surface area contributed by atoms with E-state index in [0.29, 0.717) is 19.6 Å². The van der Waals surface area contributed by atoms with Gasteiger partial charge in [0, 0.05) is 38.2 Å². The van der Waals surface area contributed by atoms with Gasteiger partial charge in [-0.3, -0.25) is 9.59 Å². The molecule has 0 bridgehead atoms. The molecule has 1 aromatic carbocycles. The van der Waals surface area contributed by atoms with Gasteiger partial charge >= 0.3 is 0 Å². The summed E-state index contributed by atoms with van der Waals surface area (Å²) in [6, 6.07) is 7.67. The lowest BCUT2D eigenvalue weighted by atomic mass is 10.1. The Morgan fingerprint density at radius 3 is 2.24 bits per heavy atom. The van der Waals surface area contributed by atoms with Crippen molar-refractivity contribution >= 4 is 17.4 Å². The Morgan fingerprint density at radius 1 is 1.04 bits per heavy atom. The first-order valence-corrected chi connectivity index (χ1v) is 8.82. The average molecular weight is 344 g/mol. The second-order valence-electron chi connectivity index (χ2n) is 6.71. The van der Waals surface area contributed by atoms with Gasteiger partial charge in [-0.2, -0.15) is 0 Å². The normalized spacial score (nSPS) is 16.0. The lowest BCUT2D eigenvalue weighted by molar-refractivity contribution is -0.134. The number of carbonyl (C=O) groups is 2. The number of benzene rings is 1. The molecule has 0 radical (unpaired) electrons. The zero-order valence-corrected chi connectivity index (χ0v) is 15.6. The molecule has 0 N–H and O–H groups in total. The van der Waals surface area contributed by atoms with Crippen molar-refractivity contribution in [2.75, 3.05) is 33.3 Å². The molecule has 1 heterocycles. The Hall–Kier alpha value is -2.30. The fourth-order valence-corrected chi connectivity index (χ4v) is 2.94.